The Labute approximate surface area is 165 Å². The molecule has 3 aromatic rings. The molecule has 3 aromatic carbocycles. The first-order valence-corrected chi connectivity index (χ1v) is 8.89. The van der Waals surface area contributed by atoms with Gasteiger partial charge in [-0.25, -0.2) is 4.39 Å². The van der Waals surface area contributed by atoms with Gasteiger partial charge in [0.05, 0.1) is 0 Å². The van der Waals surface area contributed by atoms with E-state index in [2.05, 4.69) is 10.6 Å². The van der Waals surface area contributed by atoms with Crippen molar-refractivity contribution in [2.45, 2.75) is 18.6 Å². The lowest BCUT2D eigenvalue weighted by Crippen LogP contribution is -2.38. The smallest absolute Gasteiger partial charge is 0.374 e. The van der Waals surface area contributed by atoms with Crippen LogP contribution in [-0.4, -0.2) is 18.4 Å². The molecule has 0 radical (unpaired) electrons. The minimum absolute atomic E-state index is 0.208. The molecular weight excluding hydrogens is 382 g/mol. The Bertz CT molecular complexity index is 954. The summed E-state index contributed by atoms with van der Waals surface area (Å²) in [6, 6.07) is 16.9. The molecule has 0 saturated heterocycles. The Morgan fingerprint density at radius 1 is 0.897 bits per heavy atom. The highest BCUT2D eigenvalue weighted by molar-refractivity contribution is 5.89. The van der Waals surface area contributed by atoms with Crippen molar-refractivity contribution in [3.8, 4) is 0 Å². The van der Waals surface area contributed by atoms with Crippen LogP contribution in [0.3, 0.4) is 0 Å². The zero-order valence-electron chi connectivity index (χ0n) is 15.3. The molecule has 0 saturated carbocycles. The van der Waals surface area contributed by atoms with Crippen LogP contribution in [0.4, 0.5) is 34.6 Å². The Balaban J connectivity index is 1.80. The van der Waals surface area contributed by atoms with E-state index in [-0.39, 0.29) is 17.9 Å². The standard InChI is InChI=1S/C22H19F4N3/c23-17-6-8-18(9-7-17)28-20-11-10-19(13-16(20)14-27)29-21(22(24,25)26)12-15-4-2-1-3-5-15/h1-11,13-14,21,27-29H,12H2. The molecule has 3 rings (SSSR count). The first-order chi connectivity index (χ1) is 13.8. The van der Waals surface area contributed by atoms with E-state index >= 15 is 0 Å². The van der Waals surface area contributed by atoms with Crippen LogP contribution in [0.25, 0.3) is 0 Å². The summed E-state index contributed by atoms with van der Waals surface area (Å²) in [7, 11) is 0. The van der Waals surface area contributed by atoms with Crippen LogP contribution in [0.5, 0.6) is 0 Å². The first-order valence-electron chi connectivity index (χ1n) is 8.89. The zero-order chi connectivity index (χ0) is 20.9. The molecule has 0 heterocycles. The van der Waals surface area contributed by atoms with Crippen molar-refractivity contribution in [1.82, 2.24) is 0 Å². The number of hydrogen-bond acceptors (Lipinski definition) is 3. The number of anilines is 3. The molecule has 0 aromatic heterocycles. The second-order valence-electron chi connectivity index (χ2n) is 6.51. The lowest BCUT2D eigenvalue weighted by atomic mass is 10.0. The van der Waals surface area contributed by atoms with Gasteiger partial charge in [-0.2, -0.15) is 13.2 Å². The summed E-state index contributed by atoms with van der Waals surface area (Å²) < 4.78 is 53.6. The lowest BCUT2D eigenvalue weighted by Gasteiger charge is -2.23. The Kier molecular flexibility index (Phi) is 6.16. The van der Waals surface area contributed by atoms with Crippen molar-refractivity contribution in [3.63, 3.8) is 0 Å². The molecule has 3 N–H and O–H groups in total. The largest absolute Gasteiger partial charge is 0.408 e. The normalized spacial score (nSPS) is 12.3. The SMILES string of the molecule is N=Cc1cc(NC(Cc2ccccc2)C(F)(F)F)ccc1Nc1ccc(F)cc1. The van der Waals surface area contributed by atoms with Crippen molar-refractivity contribution in [1.29, 1.82) is 5.41 Å². The van der Waals surface area contributed by atoms with Gasteiger partial charge in [-0.05, 0) is 48.0 Å². The Morgan fingerprint density at radius 2 is 1.55 bits per heavy atom. The average molecular weight is 401 g/mol. The molecule has 0 spiro atoms. The molecule has 1 unspecified atom stereocenters. The number of halogens is 4. The topological polar surface area (TPSA) is 47.9 Å². The summed E-state index contributed by atoms with van der Waals surface area (Å²) in [5, 5.41) is 13.2. The van der Waals surface area contributed by atoms with E-state index in [4.69, 9.17) is 5.41 Å². The second kappa shape index (κ2) is 8.77. The van der Waals surface area contributed by atoms with E-state index in [1.807, 2.05) is 0 Å². The number of alkyl halides is 3. The van der Waals surface area contributed by atoms with Gasteiger partial charge in [0.25, 0.3) is 0 Å². The van der Waals surface area contributed by atoms with Crippen LogP contribution in [0.15, 0.2) is 72.8 Å². The molecule has 0 aliphatic heterocycles. The van der Waals surface area contributed by atoms with E-state index in [9.17, 15) is 17.6 Å². The van der Waals surface area contributed by atoms with Gasteiger partial charge in [0, 0.05) is 35.3 Å². The fraction of sp³-hybridized carbons (Fsp3) is 0.136. The van der Waals surface area contributed by atoms with E-state index in [0.29, 0.717) is 22.5 Å². The van der Waals surface area contributed by atoms with Crippen LogP contribution in [-0.2, 0) is 6.42 Å². The fourth-order valence-electron chi connectivity index (χ4n) is 2.87. The fourth-order valence-corrected chi connectivity index (χ4v) is 2.87. The second-order valence-corrected chi connectivity index (χ2v) is 6.51. The molecule has 0 fully saturated rings. The quantitative estimate of drug-likeness (QED) is 0.328. The van der Waals surface area contributed by atoms with E-state index in [1.54, 1.807) is 36.4 Å². The van der Waals surface area contributed by atoms with Gasteiger partial charge in [-0.15, -0.1) is 0 Å². The van der Waals surface area contributed by atoms with Gasteiger partial charge in [0.2, 0.25) is 0 Å². The molecule has 3 nitrogen and oxygen atoms in total. The molecular formula is C22H19F4N3. The van der Waals surface area contributed by atoms with Gasteiger partial charge in [0.15, 0.2) is 0 Å². The molecule has 0 aliphatic rings. The van der Waals surface area contributed by atoms with Crippen molar-refractivity contribution in [2.24, 2.45) is 0 Å². The van der Waals surface area contributed by atoms with Gasteiger partial charge in [0.1, 0.15) is 11.9 Å². The average Bonchev–Trinajstić information content (AvgIpc) is 2.70. The van der Waals surface area contributed by atoms with Crippen LogP contribution in [0, 0.1) is 11.2 Å². The maximum absolute atomic E-state index is 13.5. The van der Waals surface area contributed by atoms with Crippen LogP contribution in [0.2, 0.25) is 0 Å². The van der Waals surface area contributed by atoms with Crippen molar-refractivity contribution in [2.75, 3.05) is 10.6 Å². The van der Waals surface area contributed by atoms with E-state index in [1.165, 1.54) is 36.4 Å². The number of nitrogens with one attached hydrogen (secondary N) is 3. The van der Waals surface area contributed by atoms with E-state index in [0.717, 1.165) is 6.21 Å². The van der Waals surface area contributed by atoms with Crippen LogP contribution < -0.4 is 10.6 Å². The monoisotopic (exact) mass is 401 g/mol. The minimum atomic E-state index is -4.44. The third-order valence-corrected chi connectivity index (χ3v) is 4.35. The number of hydrogen-bond donors (Lipinski definition) is 3. The zero-order valence-corrected chi connectivity index (χ0v) is 15.3. The molecule has 0 aliphatic carbocycles. The van der Waals surface area contributed by atoms with Gasteiger partial charge in [-0.1, -0.05) is 30.3 Å². The molecule has 1 atom stereocenters. The third kappa shape index (κ3) is 5.57. The Morgan fingerprint density at radius 3 is 2.17 bits per heavy atom. The predicted octanol–water partition coefficient (Wildman–Crippen LogP) is 6.15. The molecule has 29 heavy (non-hydrogen) atoms. The molecule has 0 bridgehead atoms. The molecule has 7 heteroatoms. The van der Waals surface area contributed by atoms with E-state index < -0.39 is 12.2 Å². The lowest BCUT2D eigenvalue weighted by molar-refractivity contribution is -0.142. The summed E-state index contributed by atoms with van der Waals surface area (Å²) in [5.74, 6) is -0.376. The highest BCUT2D eigenvalue weighted by atomic mass is 19.4. The predicted molar refractivity (Wildman–Crippen MR) is 108 cm³/mol. The van der Waals surface area contributed by atoms with Crippen molar-refractivity contribution < 1.29 is 17.6 Å². The van der Waals surface area contributed by atoms with Gasteiger partial charge >= 0.3 is 6.18 Å². The highest BCUT2D eigenvalue weighted by Crippen LogP contribution is 2.29. The maximum atomic E-state index is 13.5. The number of benzene rings is 3. The van der Waals surface area contributed by atoms with Crippen molar-refractivity contribution in [3.05, 3.63) is 89.7 Å². The summed E-state index contributed by atoms with van der Waals surface area (Å²) in [6.45, 7) is 0. The van der Waals surface area contributed by atoms with Crippen LogP contribution in [0.1, 0.15) is 11.1 Å². The summed E-state index contributed by atoms with van der Waals surface area (Å²) >= 11 is 0. The minimum Gasteiger partial charge on any atom is -0.374 e. The molecule has 150 valence electrons. The maximum Gasteiger partial charge on any atom is 0.408 e. The molecule has 0 amide bonds. The summed E-state index contributed by atoms with van der Waals surface area (Å²) in [5.41, 5.74) is 2.37. The number of rotatable bonds is 7. The van der Waals surface area contributed by atoms with Gasteiger partial charge < -0.3 is 16.0 Å². The summed E-state index contributed by atoms with van der Waals surface area (Å²) in [4.78, 5) is 0. The van der Waals surface area contributed by atoms with Crippen molar-refractivity contribution >= 4 is 23.3 Å². The third-order valence-electron chi connectivity index (χ3n) is 4.35. The summed E-state index contributed by atoms with van der Waals surface area (Å²) in [6.07, 6.45) is -3.59. The van der Waals surface area contributed by atoms with Gasteiger partial charge in [-0.3, -0.25) is 0 Å². The highest BCUT2D eigenvalue weighted by Gasteiger charge is 2.39. The first kappa shape index (κ1) is 20.4. The van der Waals surface area contributed by atoms with Crippen LogP contribution >= 0.6 is 0 Å². The Hall–Kier alpha value is -3.35.